The van der Waals surface area contributed by atoms with Crippen LogP contribution < -0.4 is 10.5 Å². The Bertz CT molecular complexity index is 1120. The molecular weight excluding hydrogens is 366 g/mol. The van der Waals surface area contributed by atoms with E-state index in [-0.39, 0.29) is 16.5 Å². The molecule has 0 spiro atoms. The van der Waals surface area contributed by atoms with Crippen LogP contribution in [0.2, 0.25) is 0 Å². The summed E-state index contributed by atoms with van der Waals surface area (Å²) in [5.41, 5.74) is 8.97. The number of fused-ring (bicyclic) bond motifs is 1. The van der Waals surface area contributed by atoms with E-state index in [0.29, 0.717) is 22.7 Å². The number of hydrogen-bond donors (Lipinski definition) is 1. The average molecular weight is 379 g/mol. The second-order valence-corrected chi connectivity index (χ2v) is 6.84. The van der Waals surface area contributed by atoms with E-state index in [2.05, 4.69) is 11.2 Å². The molecule has 0 amide bonds. The van der Waals surface area contributed by atoms with Gasteiger partial charge in [0.1, 0.15) is 11.6 Å². The van der Waals surface area contributed by atoms with Gasteiger partial charge in [-0.25, -0.2) is 4.68 Å². The van der Waals surface area contributed by atoms with E-state index in [1.807, 2.05) is 37.3 Å². The van der Waals surface area contributed by atoms with Crippen LogP contribution in [0.4, 0.5) is 5.00 Å². The maximum Gasteiger partial charge on any atom is 0.324 e. The molecule has 0 aliphatic carbocycles. The lowest BCUT2D eigenvalue weighted by molar-refractivity contribution is -0.380. The molecule has 0 radical (unpaired) electrons. The Morgan fingerprint density at radius 3 is 2.78 bits per heavy atom. The first-order valence-corrected chi connectivity index (χ1v) is 8.84. The molecule has 3 heterocycles. The van der Waals surface area contributed by atoms with Gasteiger partial charge in [-0.1, -0.05) is 29.5 Å². The van der Waals surface area contributed by atoms with E-state index in [1.54, 1.807) is 10.1 Å². The van der Waals surface area contributed by atoms with Crippen LogP contribution in [0.25, 0.3) is 5.69 Å². The minimum Gasteiger partial charge on any atom is -0.422 e. The van der Waals surface area contributed by atoms with Crippen LogP contribution >= 0.6 is 11.3 Å². The number of nitrogens with two attached hydrogens (primary N) is 1. The van der Waals surface area contributed by atoms with Crippen molar-refractivity contribution in [2.24, 2.45) is 5.73 Å². The summed E-state index contributed by atoms with van der Waals surface area (Å²) in [6.07, 6.45) is 0. The highest BCUT2D eigenvalue weighted by molar-refractivity contribution is 7.13. The molecule has 9 heteroatoms. The minimum absolute atomic E-state index is 0.00186. The molecule has 3 aromatic rings. The number of rotatable bonds is 3. The SMILES string of the molecule is Cc1nn(-c2ccccc2)c2c1C(c1csc([N+](=O)[O-])c1)C(C#N)=C(N)O2. The number of allylic oxidation sites excluding steroid dienone is 1. The summed E-state index contributed by atoms with van der Waals surface area (Å²) in [6, 6.07) is 12.9. The summed E-state index contributed by atoms with van der Waals surface area (Å²) >= 11 is 1.01. The van der Waals surface area contributed by atoms with Crippen LogP contribution in [0.15, 0.2) is 53.2 Å². The van der Waals surface area contributed by atoms with Gasteiger partial charge < -0.3 is 10.5 Å². The number of nitrogens with zero attached hydrogens (tertiary/aromatic N) is 4. The summed E-state index contributed by atoms with van der Waals surface area (Å²) < 4.78 is 7.38. The molecular formula is C18H13N5O3S. The largest absolute Gasteiger partial charge is 0.422 e. The molecule has 8 nitrogen and oxygen atoms in total. The maximum absolute atomic E-state index is 11.1. The van der Waals surface area contributed by atoms with Crippen LogP contribution in [0, 0.1) is 28.4 Å². The predicted molar refractivity (Wildman–Crippen MR) is 98.6 cm³/mol. The maximum atomic E-state index is 11.1. The Labute approximate surface area is 157 Å². The highest BCUT2D eigenvalue weighted by Crippen LogP contribution is 2.46. The molecule has 0 saturated carbocycles. The van der Waals surface area contributed by atoms with Crippen molar-refractivity contribution in [3.8, 4) is 17.6 Å². The molecule has 4 rings (SSSR count). The van der Waals surface area contributed by atoms with Crippen LogP contribution in [0.1, 0.15) is 22.7 Å². The topological polar surface area (TPSA) is 120 Å². The Hall–Kier alpha value is -3.64. The lowest BCUT2D eigenvalue weighted by Crippen LogP contribution is -2.21. The van der Waals surface area contributed by atoms with Crippen molar-refractivity contribution in [3.05, 3.63) is 80.2 Å². The van der Waals surface area contributed by atoms with Gasteiger partial charge in [0.05, 0.1) is 27.8 Å². The van der Waals surface area contributed by atoms with Crippen molar-refractivity contribution >= 4 is 16.3 Å². The third-order valence-corrected chi connectivity index (χ3v) is 5.25. The van der Waals surface area contributed by atoms with Crippen LogP contribution in [-0.4, -0.2) is 14.7 Å². The van der Waals surface area contributed by atoms with E-state index < -0.39 is 10.8 Å². The van der Waals surface area contributed by atoms with Crippen molar-refractivity contribution in [2.75, 3.05) is 0 Å². The number of para-hydroxylation sites is 1. The van der Waals surface area contributed by atoms with Gasteiger partial charge >= 0.3 is 5.00 Å². The number of nitriles is 1. The molecule has 1 aliphatic heterocycles. The Kier molecular flexibility index (Phi) is 3.90. The normalized spacial score (nSPS) is 15.8. The first-order chi connectivity index (χ1) is 13.0. The molecule has 1 aromatic carbocycles. The molecule has 0 bridgehead atoms. The number of aromatic nitrogens is 2. The zero-order valence-electron chi connectivity index (χ0n) is 14.1. The zero-order valence-corrected chi connectivity index (χ0v) is 14.9. The highest BCUT2D eigenvalue weighted by atomic mass is 32.1. The van der Waals surface area contributed by atoms with E-state index in [1.165, 1.54) is 6.07 Å². The minimum atomic E-state index is -0.568. The third-order valence-electron chi connectivity index (χ3n) is 4.35. The molecule has 0 fully saturated rings. The van der Waals surface area contributed by atoms with Crippen LogP contribution in [0.5, 0.6) is 5.88 Å². The number of aryl methyl sites for hydroxylation is 1. The fraction of sp³-hybridized carbons (Fsp3) is 0.111. The molecule has 2 aromatic heterocycles. The number of thiophene rings is 1. The van der Waals surface area contributed by atoms with Gasteiger partial charge in [0.2, 0.25) is 11.8 Å². The fourth-order valence-electron chi connectivity index (χ4n) is 3.18. The Balaban J connectivity index is 1.94. The summed E-state index contributed by atoms with van der Waals surface area (Å²) in [4.78, 5) is 10.6. The fourth-order valence-corrected chi connectivity index (χ4v) is 3.93. The number of ether oxygens (including phenoxy) is 1. The number of benzene rings is 1. The summed E-state index contributed by atoms with van der Waals surface area (Å²) in [6.45, 7) is 1.81. The van der Waals surface area contributed by atoms with Crippen molar-refractivity contribution in [2.45, 2.75) is 12.8 Å². The molecule has 134 valence electrons. The second-order valence-electron chi connectivity index (χ2n) is 5.95. The van der Waals surface area contributed by atoms with Gasteiger partial charge in [0.15, 0.2) is 0 Å². The molecule has 2 N–H and O–H groups in total. The predicted octanol–water partition coefficient (Wildman–Crippen LogP) is 3.37. The van der Waals surface area contributed by atoms with Gasteiger partial charge in [-0.2, -0.15) is 10.4 Å². The van der Waals surface area contributed by atoms with E-state index >= 15 is 0 Å². The monoisotopic (exact) mass is 379 g/mol. The van der Waals surface area contributed by atoms with Crippen LogP contribution in [-0.2, 0) is 0 Å². The van der Waals surface area contributed by atoms with Crippen LogP contribution in [0.3, 0.4) is 0 Å². The number of nitro groups is 1. The summed E-state index contributed by atoms with van der Waals surface area (Å²) in [5, 5.41) is 26.9. The second kappa shape index (κ2) is 6.26. The van der Waals surface area contributed by atoms with Crippen molar-refractivity contribution in [3.63, 3.8) is 0 Å². The highest BCUT2D eigenvalue weighted by Gasteiger charge is 2.37. The van der Waals surface area contributed by atoms with E-state index in [9.17, 15) is 15.4 Å². The van der Waals surface area contributed by atoms with E-state index in [0.717, 1.165) is 17.0 Å². The standard InChI is InChI=1S/C18H13N5O3S/c1-10-15-16(11-7-14(23(24)25)27-9-11)13(8-19)17(20)26-18(15)22(21-10)12-5-3-2-4-6-12/h2-7,9,16H,20H2,1H3. The molecule has 0 saturated heterocycles. The number of hydrogen-bond acceptors (Lipinski definition) is 7. The van der Waals surface area contributed by atoms with Crippen molar-refractivity contribution in [1.82, 2.24) is 9.78 Å². The molecule has 1 unspecified atom stereocenters. The van der Waals surface area contributed by atoms with E-state index in [4.69, 9.17) is 10.5 Å². The first kappa shape index (κ1) is 16.8. The average Bonchev–Trinajstić information content (AvgIpc) is 3.27. The lowest BCUT2D eigenvalue weighted by atomic mass is 9.85. The zero-order chi connectivity index (χ0) is 19.1. The van der Waals surface area contributed by atoms with Gasteiger partial charge in [-0.15, -0.1) is 0 Å². The van der Waals surface area contributed by atoms with Crippen molar-refractivity contribution in [1.29, 1.82) is 5.26 Å². The Morgan fingerprint density at radius 1 is 1.41 bits per heavy atom. The van der Waals surface area contributed by atoms with Gasteiger partial charge in [0.25, 0.3) is 0 Å². The Morgan fingerprint density at radius 2 is 2.15 bits per heavy atom. The summed E-state index contributed by atoms with van der Waals surface area (Å²) in [5.74, 6) is -0.184. The van der Waals surface area contributed by atoms with Gasteiger partial charge in [-0.05, 0) is 24.6 Å². The smallest absolute Gasteiger partial charge is 0.324 e. The van der Waals surface area contributed by atoms with Gasteiger partial charge in [-0.3, -0.25) is 10.1 Å². The summed E-state index contributed by atoms with van der Waals surface area (Å²) in [7, 11) is 0. The first-order valence-electron chi connectivity index (χ1n) is 7.96. The quantitative estimate of drug-likeness (QED) is 0.550. The molecule has 1 atom stereocenters. The van der Waals surface area contributed by atoms with Gasteiger partial charge in [0, 0.05) is 11.4 Å². The third kappa shape index (κ3) is 2.63. The lowest BCUT2D eigenvalue weighted by Gasteiger charge is -2.23. The molecule has 27 heavy (non-hydrogen) atoms. The molecule has 1 aliphatic rings. The van der Waals surface area contributed by atoms with Crippen molar-refractivity contribution < 1.29 is 9.66 Å².